The van der Waals surface area contributed by atoms with Gasteiger partial charge in [0.25, 0.3) is 0 Å². The molecule has 0 atom stereocenters. The molecule has 1 N–H and O–H groups in total. The molecule has 0 heterocycles. The summed E-state index contributed by atoms with van der Waals surface area (Å²) in [6.07, 6.45) is 19.6. The number of hydrogen-bond donors (Lipinski definition) is 1. The fourth-order valence-corrected chi connectivity index (χ4v) is 1.63. The summed E-state index contributed by atoms with van der Waals surface area (Å²) >= 11 is 0. The summed E-state index contributed by atoms with van der Waals surface area (Å²) < 4.78 is 5.20. The average molecular weight is 301 g/mol. The number of hydrogen-bond acceptors (Lipinski definition) is 2. The van der Waals surface area contributed by atoms with E-state index in [1.165, 1.54) is 18.8 Å². The van der Waals surface area contributed by atoms with Gasteiger partial charge in [-0.1, -0.05) is 13.3 Å². The van der Waals surface area contributed by atoms with E-state index >= 15 is 0 Å². The van der Waals surface area contributed by atoms with Crippen molar-refractivity contribution in [2.24, 2.45) is 0 Å². The third-order valence-electron chi connectivity index (χ3n) is 2.66. The van der Waals surface area contributed by atoms with Crippen LogP contribution in [0.15, 0.2) is 0 Å². The molecule has 0 aromatic rings. The van der Waals surface area contributed by atoms with E-state index in [9.17, 15) is 0 Å². The van der Waals surface area contributed by atoms with E-state index in [2.05, 4.69) is 18.7 Å². The first kappa shape index (κ1) is 19.4. The Balaban J connectivity index is 0.000000454. The molecule has 10 radical (unpaired) electrons. The zero-order valence-corrected chi connectivity index (χ0v) is 12.8. The molecule has 2 aliphatic rings. The van der Waals surface area contributed by atoms with Gasteiger partial charge in [0.05, 0.1) is 0 Å². The van der Waals surface area contributed by atoms with E-state index in [4.69, 9.17) is 4.74 Å². The minimum atomic E-state index is 0. The predicted octanol–water partition coefficient (Wildman–Crippen LogP) is 2.77. The third kappa shape index (κ3) is 9.07. The summed E-state index contributed by atoms with van der Waals surface area (Å²) in [6.45, 7) is 4.20. The maximum atomic E-state index is 5.20. The van der Waals surface area contributed by atoms with Gasteiger partial charge in [-0.2, -0.15) is 0 Å². The van der Waals surface area contributed by atoms with Crippen LogP contribution in [0.5, 0.6) is 0 Å². The molecule has 2 rings (SSSR count). The molecule has 0 bridgehead atoms. The van der Waals surface area contributed by atoms with Crippen LogP contribution in [0.1, 0.15) is 19.8 Å². The standard InChI is InChI=1S/C11H18NO.C5H5.Fe/c1-3-4-8-12-9-10-6-5-7-11(10)13-2;1-2-4-5-3-1;/h5-7,12H,3-4,8-9H2,1-2H3;1-5H;/q;;+2. The van der Waals surface area contributed by atoms with Crippen molar-refractivity contribution in [2.75, 3.05) is 20.2 Å². The van der Waals surface area contributed by atoms with Crippen LogP contribution in [0, 0.1) is 63.4 Å². The molecule has 2 aliphatic carbocycles. The van der Waals surface area contributed by atoms with Crippen LogP contribution in [0.3, 0.4) is 0 Å². The molecule has 2 saturated carbocycles. The van der Waals surface area contributed by atoms with Crippen molar-refractivity contribution in [2.45, 2.75) is 19.8 Å². The van der Waals surface area contributed by atoms with Crippen molar-refractivity contribution < 1.29 is 21.8 Å². The van der Waals surface area contributed by atoms with Crippen LogP contribution in [0.25, 0.3) is 0 Å². The Labute approximate surface area is 130 Å². The molecule has 2 fully saturated rings. The maximum absolute atomic E-state index is 5.20. The van der Waals surface area contributed by atoms with Crippen LogP contribution in [0.4, 0.5) is 0 Å². The van der Waals surface area contributed by atoms with Crippen LogP contribution >= 0.6 is 0 Å². The first-order valence-corrected chi connectivity index (χ1v) is 6.54. The summed E-state index contributed by atoms with van der Waals surface area (Å²) in [4.78, 5) is 0. The van der Waals surface area contributed by atoms with Crippen LogP contribution in [-0.2, 0) is 21.8 Å². The fourth-order valence-electron chi connectivity index (χ4n) is 1.63. The minimum absolute atomic E-state index is 0. The van der Waals surface area contributed by atoms with Gasteiger partial charge in [0, 0.05) is 26.0 Å². The molecule has 2 nitrogen and oxygen atoms in total. The van der Waals surface area contributed by atoms with Crippen LogP contribution in [-0.4, -0.2) is 20.2 Å². The predicted molar refractivity (Wildman–Crippen MR) is 75.7 cm³/mol. The summed E-state index contributed by atoms with van der Waals surface area (Å²) in [6, 6.07) is 0. The molecule has 104 valence electrons. The van der Waals surface area contributed by atoms with Gasteiger partial charge < -0.3 is 10.1 Å². The quantitative estimate of drug-likeness (QED) is 0.602. The summed E-state index contributed by atoms with van der Waals surface area (Å²) in [5, 5.41) is 3.38. The van der Waals surface area contributed by atoms with Crippen molar-refractivity contribution >= 4 is 0 Å². The van der Waals surface area contributed by atoms with Gasteiger partial charge in [-0.25, -0.2) is 0 Å². The molecule has 0 saturated heterocycles. The van der Waals surface area contributed by atoms with Crippen molar-refractivity contribution in [3.8, 4) is 0 Å². The SMILES string of the molecule is CCCCNC[C]1[CH][CH][CH][C]1OC.[CH]1[CH][CH][CH][CH]1.[Fe+2]. The third-order valence-corrected chi connectivity index (χ3v) is 2.66. The van der Waals surface area contributed by atoms with Crippen molar-refractivity contribution in [1.29, 1.82) is 0 Å². The average Bonchev–Trinajstić information content (AvgIpc) is 3.08. The number of nitrogens with one attached hydrogen (secondary N) is 1. The molecular formula is C16H23FeNO+2. The van der Waals surface area contributed by atoms with Gasteiger partial charge in [-0.05, 0) is 57.9 Å². The Morgan fingerprint density at radius 2 is 1.63 bits per heavy atom. The van der Waals surface area contributed by atoms with Crippen molar-refractivity contribution in [3.05, 3.63) is 63.4 Å². The minimum Gasteiger partial charge on any atom is -0.374 e. The second-order valence-electron chi connectivity index (χ2n) is 4.11. The van der Waals surface area contributed by atoms with Crippen molar-refractivity contribution in [1.82, 2.24) is 5.32 Å². The second kappa shape index (κ2) is 13.4. The molecule has 0 spiro atoms. The first-order valence-electron chi connectivity index (χ1n) is 6.54. The Bertz CT molecular complexity index is 178. The summed E-state index contributed by atoms with van der Waals surface area (Å²) in [5.74, 6) is 1.25. The largest absolute Gasteiger partial charge is 2.00 e. The number of rotatable bonds is 6. The monoisotopic (exact) mass is 301 g/mol. The molecule has 0 aromatic heterocycles. The molecular weight excluding hydrogens is 278 g/mol. The zero-order valence-electron chi connectivity index (χ0n) is 11.7. The van der Waals surface area contributed by atoms with Gasteiger partial charge in [-0.15, -0.1) is 0 Å². The van der Waals surface area contributed by atoms with Crippen LogP contribution in [0.2, 0.25) is 0 Å². The van der Waals surface area contributed by atoms with Gasteiger partial charge >= 0.3 is 17.1 Å². The van der Waals surface area contributed by atoms with E-state index in [1.807, 2.05) is 44.9 Å². The van der Waals surface area contributed by atoms with Gasteiger partial charge in [0.15, 0.2) is 0 Å². The van der Waals surface area contributed by atoms with E-state index in [0.717, 1.165) is 19.2 Å². The first-order chi connectivity index (χ1) is 8.88. The number of methoxy groups -OCH3 is 1. The van der Waals surface area contributed by atoms with Gasteiger partial charge in [0.2, 0.25) is 0 Å². The molecule has 0 unspecified atom stereocenters. The Morgan fingerprint density at radius 3 is 2.16 bits per heavy atom. The van der Waals surface area contributed by atoms with Gasteiger partial charge in [0.1, 0.15) is 6.10 Å². The molecule has 19 heavy (non-hydrogen) atoms. The van der Waals surface area contributed by atoms with Gasteiger partial charge in [-0.3, -0.25) is 0 Å². The van der Waals surface area contributed by atoms with Crippen molar-refractivity contribution in [3.63, 3.8) is 0 Å². The zero-order chi connectivity index (χ0) is 13.1. The normalized spacial score (nSPS) is 19.9. The molecule has 0 aromatic carbocycles. The second-order valence-corrected chi connectivity index (χ2v) is 4.11. The molecule has 0 amide bonds. The fraction of sp³-hybridized carbons (Fsp3) is 0.375. The smallest absolute Gasteiger partial charge is 0.374 e. The van der Waals surface area contributed by atoms with E-state index in [-0.39, 0.29) is 17.1 Å². The Hall–Kier alpha value is 0.439. The van der Waals surface area contributed by atoms with E-state index < -0.39 is 0 Å². The maximum Gasteiger partial charge on any atom is 2.00 e. The number of unbranched alkanes of at least 4 members (excludes halogenated alkanes) is 1. The van der Waals surface area contributed by atoms with E-state index in [1.54, 1.807) is 7.11 Å². The molecule has 0 aliphatic heterocycles. The molecule has 3 heteroatoms. The summed E-state index contributed by atoms with van der Waals surface area (Å²) in [7, 11) is 1.71. The topological polar surface area (TPSA) is 21.3 Å². The summed E-state index contributed by atoms with van der Waals surface area (Å²) in [5.41, 5.74) is 0. The van der Waals surface area contributed by atoms with Crippen LogP contribution < -0.4 is 5.32 Å². The Morgan fingerprint density at radius 1 is 1.00 bits per heavy atom. The number of ether oxygens (including phenoxy) is 1. The van der Waals surface area contributed by atoms with E-state index in [0.29, 0.717) is 0 Å². The Kier molecular flexibility index (Phi) is 13.7.